The summed E-state index contributed by atoms with van der Waals surface area (Å²) in [6.45, 7) is 6.35. The van der Waals surface area contributed by atoms with Crippen LogP contribution < -0.4 is 10.1 Å². The lowest BCUT2D eigenvalue weighted by Crippen LogP contribution is -2.07. The molecule has 2 aromatic rings. The normalized spacial score (nSPS) is 12.1. The summed E-state index contributed by atoms with van der Waals surface area (Å²) in [5.74, 6) is 0.796. The van der Waals surface area contributed by atoms with E-state index in [-0.39, 0.29) is 6.04 Å². The van der Waals surface area contributed by atoms with Crippen molar-refractivity contribution >= 4 is 17.3 Å². The highest BCUT2D eigenvalue weighted by Gasteiger charge is 2.09. The summed E-state index contributed by atoms with van der Waals surface area (Å²) in [6, 6.07) is 12.4. The molecule has 106 valence electrons. The maximum Gasteiger partial charge on any atom is 0.121 e. The van der Waals surface area contributed by atoms with Gasteiger partial charge in [0.05, 0.1) is 17.8 Å². The van der Waals surface area contributed by atoms with Crippen molar-refractivity contribution in [3.8, 4) is 5.75 Å². The zero-order chi connectivity index (χ0) is 14.7. The number of hydrogen-bond donors (Lipinski definition) is 1. The number of nitrogens with one attached hydrogen (secondary N) is 1. The third kappa shape index (κ3) is 3.45. The van der Waals surface area contributed by atoms with Gasteiger partial charge in [-0.05, 0) is 38.5 Å². The average Bonchev–Trinajstić information content (AvgIpc) is 2.40. The van der Waals surface area contributed by atoms with Crippen molar-refractivity contribution in [1.82, 2.24) is 0 Å². The van der Waals surface area contributed by atoms with Crippen molar-refractivity contribution in [2.75, 3.05) is 12.4 Å². The number of hydrogen-bond acceptors (Lipinski definition) is 2. The predicted octanol–water partition coefficient (Wildman–Crippen LogP) is 5.14. The summed E-state index contributed by atoms with van der Waals surface area (Å²) in [7, 11) is 1.65. The molecule has 0 aliphatic carbocycles. The topological polar surface area (TPSA) is 21.3 Å². The van der Waals surface area contributed by atoms with Crippen molar-refractivity contribution < 1.29 is 4.74 Å². The number of ether oxygens (including phenoxy) is 1. The Kier molecular flexibility index (Phi) is 4.56. The van der Waals surface area contributed by atoms with E-state index in [1.54, 1.807) is 7.11 Å². The first kappa shape index (κ1) is 14.7. The van der Waals surface area contributed by atoms with Crippen molar-refractivity contribution in [3.63, 3.8) is 0 Å². The molecule has 1 N–H and O–H groups in total. The molecule has 0 amide bonds. The quantitative estimate of drug-likeness (QED) is 0.841. The van der Waals surface area contributed by atoms with Crippen molar-refractivity contribution in [2.24, 2.45) is 0 Å². The minimum absolute atomic E-state index is 0.179. The fraction of sp³-hybridized carbons (Fsp3) is 0.294. The van der Waals surface area contributed by atoms with Gasteiger partial charge in [0.15, 0.2) is 0 Å². The van der Waals surface area contributed by atoms with Crippen LogP contribution in [0.5, 0.6) is 5.75 Å². The summed E-state index contributed by atoms with van der Waals surface area (Å²) in [4.78, 5) is 0. The standard InChI is InChI=1S/C17H20ClNO/c1-11-7-12(2)9-14(8-11)13(3)19-17-10-15(20-4)5-6-16(17)18/h5-10,13,19H,1-4H3. The second-order valence-electron chi connectivity index (χ2n) is 5.13. The fourth-order valence-corrected chi connectivity index (χ4v) is 2.49. The molecule has 0 aliphatic rings. The molecule has 0 heterocycles. The van der Waals surface area contributed by atoms with Crippen LogP contribution in [0.1, 0.15) is 29.7 Å². The summed E-state index contributed by atoms with van der Waals surface area (Å²) < 4.78 is 5.24. The van der Waals surface area contributed by atoms with Crippen LogP contribution in [-0.2, 0) is 0 Å². The zero-order valence-electron chi connectivity index (χ0n) is 12.3. The first-order chi connectivity index (χ1) is 9.49. The van der Waals surface area contributed by atoms with Crippen LogP contribution in [0.2, 0.25) is 5.02 Å². The lowest BCUT2D eigenvalue weighted by atomic mass is 10.0. The van der Waals surface area contributed by atoms with Gasteiger partial charge in [0.25, 0.3) is 0 Å². The Balaban J connectivity index is 2.24. The van der Waals surface area contributed by atoms with Crippen molar-refractivity contribution in [2.45, 2.75) is 26.8 Å². The van der Waals surface area contributed by atoms with Gasteiger partial charge in [0, 0.05) is 12.1 Å². The molecular formula is C17H20ClNO. The van der Waals surface area contributed by atoms with E-state index in [0.717, 1.165) is 11.4 Å². The Morgan fingerprint density at radius 3 is 2.30 bits per heavy atom. The van der Waals surface area contributed by atoms with E-state index in [4.69, 9.17) is 16.3 Å². The Hall–Kier alpha value is -1.67. The smallest absolute Gasteiger partial charge is 0.121 e. The van der Waals surface area contributed by atoms with Crippen molar-refractivity contribution in [3.05, 3.63) is 58.1 Å². The van der Waals surface area contributed by atoms with Gasteiger partial charge in [-0.15, -0.1) is 0 Å². The van der Waals surface area contributed by atoms with E-state index >= 15 is 0 Å². The maximum atomic E-state index is 6.23. The Bertz CT molecular complexity index is 590. The maximum absolute atomic E-state index is 6.23. The predicted molar refractivity (Wildman–Crippen MR) is 86.0 cm³/mol. The van der Waals surface area contributed by atoms with Crippen LogP contribution >= 0.6 is 11.6 Å². The molecule has 1 unspecified atom stereocenters. The summed E-state index contributed by atoms with van der Waals surface area (Å²) in [5, 5.41) is 4.14. The van der Waals surface area contributed by atoms with Crippen LogP contribution in [-0.4, -0.2) is 7.11 Å². The highest BCUT2D eigenvalue weighted by molar-refractivity contribution is 6.33. The molecule has 1 atom stereocenters. The first-order valence-electron chi connectivity index (χ1n) is 6.68. The lowest BCUT2D eigenvalue weighted by molar-refractivity contribution is 0.415. The number of anilines is 1. The summed E-state index contributed by atoms with van der Waals surface area (Å²) in [5.41, 5.74) is 4.68. The van der Waals surface area contributed by atoms with Crippen molar-refractivity contribution in [1.29, 1.82) is 0 Å². The Morgan fingerprint density at radius 1 is 1.05 bits per heavy atom. The molecular weight excluding hydrogens is 270 g/mol. The van der Waals surface area contributed by atoms with Gasteiger partial charge < -0.3 is 10.1 Å². The number of benzene rings is 2. The molecule has 0 aliphatic heterocycles. The zero-order valence-corrected chi connectivity index (χ0v) is 13.1. The highest BCUT2D eigenvalue weighted by atomic mass is 35.5. The van der Waals surface area contributed by atoms with E-state index in [2.05, 4.69) is 44.3 Å². The van der Waals surface area contributed by atoms with Gasteiger partial charge in [0.2, 0.25) is 0 Å². The third-order valence-corrected chi connectivity index (χ3v) is 3.62. The summed E-state index contributed by atoms with van der Waals surface area (Å²) in [6.07, 6.45) is 0. The van der Waals surface area contributed by atoms with Gasteiger partial charge in [-0.1, -0.05) is 40.9 Å². The van der Waals surface area contributed by atoms with Crippen LogP contribution in [0.25, 0.3) is 0 Å². The van der Waals surface area contributed by atoms with Gasteiger partial charge in [-0.2, -0.15) is 0 Å². The molecule has 0 aromatic heterocycles. The van der Waals surface area contributed by atoms with E-state index in [1.807, 2.05) is 18.2 Å². The molecule has 2 rings (SSSR count). The van der Waals surface area contributed by atoms with Gasteiger partial charge in [-0.25, -0.2) is 0 Å². The van der Waals surface area contributed by atoms with E-state index in [1.165, 1.54) is 16.7 Å². The molecule has 0 saturated carbocycles. The van der Waals surface area contributed by atoms with Crippen LogP contribution in [0.4, 0.5) is 5.69 Å². The summed E-state index contributed by atoms with van der Waals surface area (Å²) >= 11 is 6.23. The van der Waals surface area contributed by atoms with Gasteiger partial charge in [0.1, 0.15) is 5.75 Å². The molecule has 0 fully saturated rings. The van der Waals surface area contributed by atoms with E-state index < -0.39 is 0 Å². The first-order valence-corrected chi connectivity index (χ1v) is 7.05. The molecule has 20 heavy (non-hydrogen) atoms. The number of halogens is 1. The monoisotopic (exact) mass is 289 g/mol. The molecule has 0 radical (unpaired) electrons. The molecule has 0 spiro atoms. The average molecular weight is 290 g/mol. The Morgan fingerprint density at radius 2 is 1.70 bits per heavy atom. The highest BCUT2D eigenvalue weighted by Crippen LogP contribution is 2.30. The largest absolute Gasteiger partial charge is 0.497 e. The van der Waals surface area contributed by atoms with Gasteiger partial charge in [-0.3, -0.25) is 0 Å². The van der Waals surface area contributed by atoms with E-state index in [0.29, 0.717) is 5.02 Å². The second kappa shape index (κ2) is 6.19. The molecule has 0 saturated heterocycles. The molecule has 0 bridgehead atoms. The number of methoxy groups -OCH3 is 1. The Labute approximate surface area is 125 Å². The third-order valence-electron chi connectivity index (χ3n) is 3.29. The van der Waals surface area contributed by atoms with Crippen LogP contribution in [0.15, 0.2) is 36.4 Å². The number of rotatable bonds is 4. The second-order valence-corrected chi connectivity index (χ2v) is 5.54. The fourth-order valence-electron chi connectivity index (χ4n) is 2.32. The molecule has 2 aromatic carbocycles. The van der Waals surface area contributed by atoms with Gasteiger partial charge >= 0.3 is 0 Å². The minimum atomic E-state index is 0.179. The minimum Gasteiger partial charge on any atom is -0.497 e. The molecule has 2 nitrogen and oxygen atoms in total. The van der Waals surface area contributed by atoms with Crippen LogP contribution in [0, 0.1) is 13.8 Å². The SMILES string of the molecule is COc1ccc(Cl)c(NC(C)c2cc(C)cc(C)c2)c1. The van der Waals surface area contributed by atoms with E-state index in [9.17, 15) is 0 Å². The molecule has 3 heteroatoms. The van der Waals surface area contributed by atoms with Crippen LogP contribution in [0.3, 0.4) is 0 Å². The number of aryl methyl sites for hydroxylation is 2. The lowest BCUT2D eigenvalue weighted by Gasteiger charge is -2.18.